The molecule has 64 valence electrons. The number of ketones is 1. The van der Waals surface area contributed by atoms with Crippen molar-refractivity contribution in [3.63, 3.8) is 0 Å². The van der Waals surface area contributed by atoms with Crippen molar-refractivity contribution in [2.45, 2.75) is 19.8 Å². The highest BCUT2D eigenvalue weighted by molar-refractivity contribution is 5.85. The summed E-state index contributed by atoms with van der Waals surface area (Å²) in [7, 11) is 0. The Morgan fingerprint density at radius 1 is 1.55 bits per heavy atom. The Hall–Kier alpha value is -0.410. The fourth-order valence-electron chi connectivity index (χ4n) is 1.45. The Morgan fingerprint density at radius 2 is 2.09 bits per heavy atom. The summed E-state index contributed by atoms with van der Waals surface area (Å²) >= 11 is 0. The Balaban J connectivity index is 2.56. The van der Waals surface area contributed by atoms with Crippen molar-refractivity contribution >= 4 is 5.78 Å². The average Bonchev–Trinajstić information content (AvgIpc) is 2.04. The average molecular weight is 157 g/mol. The van der Waals surface area contributed by atoms with E-state index in [0.29, 0.717) is 0 Å². The van der Waals surface area contributed by atoms with Gasteiger partial charge in [0.25, 0.3) is 0 Å². The van der Waals surface area contributed by atoms with E-state index in [2.05, 4.69) is 5.32 Å². The summed E-state index contributed by atoms with van der Waals surface area (Å²) in [6.07, 6.45) is 1.71. The van der Waals surface area contributed by atoms with E-state index in [1.807, 2.05) is 6.92 Å². The molecule has 0 aliphatic carbocycles. The van der Waals surface area contributed by atoms with E-state index in [-0.39, 0.29) is 17.8 Å². The predicted octanol–water partition coefficient (Wildman–Crippen LogP) is -0.0625. The number of aliphatic hydroxyl groups excluding tert-OH is 1. The normalized spacial score (nSPS) is 23.1. The largest absolute Gasteiger partial charge is 0.389 e. The Bertz CT molecular complexity index is 150. The Morgan fingerprint density at radius 3 is 2.55 bits per heavy atom. The zero-order valence-corrected chi connectivity index (χ0v) is 6.89. The molecule has 2 N–H and O–H groups in total. The van der Waals surface area contributed by atoms with Crippen LogP contribution >= 0.6 is 0 Å². The molecule has 0 aromatic rings. The third-order valence-corrected chi connectivity index (χ3v) is 2.52. The smallest absolute Gasteiger partial charge is 0.164 e. The van der Waals surface area contributed by atoms with Crippen LogP contribution < -0.4 is 5.32 Å². The molecular weight excluding hydrogens is 142 g/mol. The highest BCUT2D eigenvalue weighted by Gasteiger charge is 2.33. The Labute approximate surface area is 66.8 Å². The first-order chi connectivity index (χ1) is 5.19. The van der Waals surface area contributed by atoms with Crippen molar-refractivity contribution in [2.24, 2.45) is 5.41 Å². The van der Waals surface area contributed by atoms with Gasteiger partial charge in [0.05, 0.1) is 0 Å². The highest BCUT2D eigenvalue weighted by atomic mass is 16.3. The lowest BCUT2D eigenvalue weighted by Crippen LogP contribution is -2.41. The van der Waals surface area contributed by atoms with Gasteiger partial charge in [0.2, 0.25) is 0 Å². The molecule has 0 atom stereocenters. The van der Waals surface area contributed by atoms with Gasteiger partial charge in [-0.05, 0) is 25.9 Å². The lowest BCUT2D eigenvalue weighted by Gasteiger charge is -2.31. The second kappa shape index (κ2) is 3.32. The van der Waals surface area contributed by atoms with E-state index >= 15 is 0 Å². The second-order valence-electron chi connectivity index (χ2n) is 3.39. The van der Waals surface area contributed by atoms with Gasteiger partial charge < -0.3 is 10.4 Å². The van der Waals surface area contributed by atoms with Gasteiger partial charge in [0.1, 0.15) is 6.61 Å². The van der Waals surface area contributed by atoms with Gasteiger partial charge in [0.15, 0.2) is 5.78 Å². The van der Waals surface area contributed by atoms with E-state index in [0.717, 1.165) is 25.9 Å². The van der Waals surface area contributed by atoms with Gasteiger partial charge in [-0.15, -0.1) is 0 Å². The molecule has 1 fully saturated rings. The molecule has 0 unspecified atom stereocenters. The lowest BCUT2D eigenvalue weighted by molar-refractivity contribution is -0.132. The minimum absolute atomic E-state index is 0.0148. The van der Waals surface area contributed by atoms with Gasteiger partial charge >= 0.3 is 0 Å². The third kappa shape index (κ3) is 1.79. The monoisotopic (exact) mass is 157 g/mol. The number of piperidine rings is 1. The molecule has 0 saturated carbocycles. The minimum Gasteiger partial charge on any atom is -0.389 e. The lowest BCUT2D eigenvalue weighted by atomic mass is 9.77. The fourth-order valence-corrected chi connectivity index (χ4v) is 1.45. The molecule has 0 amide bonds. The zero-order valence-electron chi connectivity index (χ0n) is 6.89. The summed E-state index contributed by atoms with van der Waals surface area (Å²) in [4.78, 5) is 11.2. The van der Waals surface area contributed by atoms with Crippen molar-refractivity contribution in [1.29, 1.82) is 0 Å². The van der Waals surface area contributed by atoms with Gasteiger partial charge in [-0.2, -0.15) is 0 Å². The number of rotatable bonds is 2. The van der Waals surface area contributed by atoms with E-state index < -0.39 is 0 Å². The fraction of sp³-hybridized carbons (Fsp3) is 0.875. The van der Waals surface area contributed by atoms with Crippen LogP contribution in [-0.2, 0) is 4.79 Å². The van der Waals surface area contributed by atoms with Crippen LogP contribution in [0.4, 0.5) is 0 Å². The minimum atomic E-state index is -0.309. The first kappa shape index (κ1) is 8.68. The first-order valence-electron chi connectivity index (χ1n) is 4.04. The number of Topliss-reactive ketones (excluding diaryl/α,β-unsaturated/α-hetero) is 1. The van der Waals surface area contributed by atoms with E-state index in [1.165, 1.54) is 0 Å². The maximum absolute atomic E-state index is 11.2. The van der Waals surface area contributed by atoms with Crippen LogP contribution in [0.2, 0.25) is 0 Å². The van der Waals surface area contributed by atoms with Gasteiger partial charge in [-0.1, -0.05) is 6.92 Å². The van der Waals surface area contributed by atoms with Crippen LogP contribution in [0.1, 0.15) is 19.8 Å². The van der Waals surface area contributed by atoms with E-state index in [9.17, 15) is 4.79 Å². The molecule has 3 nitrogen and oxygen atoms in total. The number of carbonyl (C=O) groups excluding carboxylic acids is 1. The van der Waals surface area contributed by atoms with Crippen LogP contribution in [0.3, 0.4) is 0 Å². The van der Waals surface area contributed by atoms with Crippen LogP contribution in [0.5, 0.6) is 0 Å². The van der Waals surface area contributed by atoms with Crippen LogP contribution in [0.15, 0.2) is 0 Å². The molecule has 3 heteroatoms. The van der Waals surface area contributed by atoms with Crippen LogP contribution in [0, 0.1) is 5.41 Å². The third-order valence-electron chi connectivity index (χ3n) is 2.52. The molecule has 1 aliphatic heterocycles. The summed E-state index contributed by atoms with van der Waals surface area (Å²) in [6.45, 7) is 3.41. The van der Waals surface area contributed by atoms with E-state index in [1.54, 1.807) is 0 Å². The summed E-state index contributed by atoms with van der Waals surface area (Å²) in [6, 6.07) is 0. The SMILES string of the molecule is CC1(C(=O)CO)CCNCC1. The van der Waals surface area contributed by atoms with Crippen molar-refractivity contribution < 1.29 is 9.90 Å². The van der Waals surface area contributed by atoms with Gasteiger partial charge in [-0.25, -0.2) is 0 Å². The molecule has 11 heavy (non-hydrogen) atoms. The van der Waals surface area contributed by atoms with Crippen molar-refractivity contribution in [3.05, 3.63) is 0 Å². The summed E-state index contributed by atoms with van der Waals surface area (Å²) < 4.78 is 0. The molecule has 1 heterocycles. The summed E-state index contributed by atoms with van der Waals surface area (Å²) in [5.41, 5.74) is -0.264. The quantitative estimate of drug-likeness (QED) is 0.590. The zero-order chi connectivity index (χ0) is 8.32. The summed E-state index contributed by atoms with van der Waals surface area (Å²) in [5, 5.41) is 11.9. The molecule has 1 saturated heterocycles. The molecule has 0 bridgehead atoms. The molecule has 1 rings (SSSR count). The number of nitrogens with one attached hydrogen (secondary N) is 1. The maximum Gasteiger partial charge on any atom is 0.164 e. The maximum atomic E-state index is 11.2. The van der Waals surface area contributed by atoms with Crippen LogP contribution in [-0.4, -0.2) is 30.6 Å². The van der Waals surface area contributed by atoms with Crippen molar-refractivity contribution in [3.8, 4) is 0 Å². The Kier molecular flexibility index (Phi) is 2.62. The molecule has 1 aliphatic rings. The number of hydrogen-bond donors (Lipinski definition) is 2. The molecule has 0 spiro atoms. The number of aliphatic hydroxyl groups is 1. The molecule has 0 aromatic carbocycles. The molecule has 0 radical (unpaired) electrons. The molecular formula is C8H15NO2. The van der Waals surface area contributed by atoms with Gasteiger partial charge in [-0.3, -0.25) is 4.79 Å². The van der Waals surface area contributed by atoms with Crippen molar-refractivity contribution in [2.75, 3.05) is 19.7 Å². The molecule has 0 aromatic heterocycles. The van der Waals surface area contributed by atoms with Gasteiger partial charge in [0, 0.05) is 5.41 Å². The highest BCUT2D eigenvalue weighted by Crippen LogP contribution is 2.28. The van der Waals surface area contributed by atoms with Crippen LogP contribution in [0.25, 0.3) is 0 Å². The number of hydrogen-bond acceptors (Lipinski definition) is 3. The topological polar surface area (TPSA) is 49.3 Å². The van der Waals surface area contributed by atoms with E-state index in [4.69, 9.17) is 5.11 Å². The standard InChI is InChI=1S/C8H15NO2/c1-8(7(11)6-10)2-4-9-5-3-8/h9-10H,2-6H2,1H3. The predicted molar refractivity (Wildman–Crippen MR) is 42.3 cm³/mol. The van der Waals surface area contributed by atoms with Crippen molar-refractivity contribution in [1.82, 2.24) is 5.32 Å². The number of carbonyl (C=O) groups is 1. The first-order valence-corrected chi connectivity index (χ1v) is 4.04. The second-order valence-corrected chi connectivity index (χ2v) is 3.39. The summed E-state index contributed by atoms with van der Waals surface area (Å²) in [5.74, 6) is -0.0148.